The van der Waals surface area contributed by atoms with Crippen molar-refractivity contribution in [1.29, 1.82) is 0 Å². The number of carbonyl (C=O) groups is 2. The number of hydrogen-bond donors (Lipinski definition) is 2. The average molecular weight is 387 g/mol. The number of aliphatic carboxylic acids is 1. The topological polar surface area (TPSA) is 93.5 Å². The highest BCUT2D eigenvalue weighted by molar-refractivity contribution is 5.82. The summed E-state index contributed by atoms with van der Waals surface area (Å²) in [5, 5.41) is 12.6. The minimum absolute atomic E-state index is 0.0559. The van der Waals surface area contributed by atoms with E-state index in [0.29, 0.717) is 13.0 Å². The second-order valence-corrected chi connectivity index (χ2v) is 7.37. The molecule has 7 heteroatoms. The van der Waals surface area contributed by atoms with Crippen molar-refractivity contribution in [3.05, 3.63) is 54.1 Å². The van der Waals surface area contributed by atoms with Crippen LogP contribution in [0.3, 0.4) is 0 Å². The lowest BCUT2D eigenvalue weighted by Gasteiger charge is -2.23. The smallest absolute Gasteiger partial charge is 0.321 e. The Balaban J connectivity index is 1.98. The molecule has 1 unspecified atom stereocenters. The first-order valence-electron chi connectivity index (χ1n) is 9.46. The number of carboxylic acid groups (broad SMARTS) is 1. The van der Waals surface area contributed by atoms with Crippen LogP contribution in [0.1, 0.15) is 38.4 Å². The Hall–Kier alpha value is -2.51. The fraction of sp³-hybridized carbons (Fsp3) is 0.476. The van der Waals surface area contributed by atoms with Crippen molar-refractivity contribution in [3.63, 3.8) is 0 Å². The van der Waals surface area contributed by atoms with E-state index in [1.807, 2.05) is 44.2 Å². The molecule has 0 amide bonds. The molecule has 0 bridgehead atoms. The molecular formula is C21H29N3O4. The van der Waals surface area contributed by atoms with Crippen LogP contribution in [0.25, 0.3) is 0 Å². The Morgan fingerprint density at radius 3 is 2.54 bits per heavy atom. The van der Waals surface area contributed by atoms with Gasteiger partial charge in [-0.3, -0.25) is 14.9 Å². The first kappa shape index (κ1) is 21.8. The Morgan fingerprint density at radius 1 is 1.21 bits per heavy atom. The van der Waals surface area contributed by atoms with E-state index in [-0.39, 0.29) is 24.9 Å². The quantitative estimate of drug-likeness (QED) is 0.582. The molecule has 0 saturated carbocycles. The van der Waals surface area contributed by atoms with Crippen LogP contribution in [0.4, 0.5) is 0 Å². The summed E-state index contributed by atoms with van der Waals surface area (Å²) in [6, 6.07) is 8.46. The van der Waals surface area contributed by atoms with Crippen LogP contribution in [0.5, 0.6) is 0 Å². The third-order valence-corrected chi connectivity index (χ3v) is 4.45. The predicted molar refractivity (Wildman–Crippen MR) is 106 cm³/mol. The number of rotatable bonds is 12. The van der Waals surface area contributed by atoms with Crippen molar-refractivity contribution in [3.8, 4) is 0 Å². The zero-order chi connectivity index (χ0) is 20.5. The van der Waals surface area contributed by atoms with Gasteiger partial charge in [-0.1, -0.05) is 44.2 Å². The van der Waals surface area contributed by atoms with E-state index >= 15 is 0 Å². The Morgan fingerprint density at radius 2 is 1.93 bits per heavy atom. The molecule has 0 spiro atoms. The number of Topliss-reactive ketones (excluding diaryl/α,β-unsaturated/α-hetero) is 1. The number of nitrogens with zero attached hydrogens (tertiary/aromatic N) is 2. The lowest BCUT2D eigenvalue weighted by Crippen LogP contribution is -2.48. The van der Waals surface area contributed by atoms with E-state index in [1.165, 1.54) is 6.92 Å². The molecule has 7 nitrogen and oxygen atoms in total. The lowest BCUT2D eigenvalue weighted by atomic mass is 9.99. The fourth-order valence-electron chi connectivity index (χ4n) is 2.96. The molecule has 28 heavy (non-hydrogen) atoms. The largest absolute Gasteiger partial charge is 0.480 e. The van der Waals surface area contributed by atoms with E-state index in [0.717, 1.165) is 11.3 Å². The van der Waals surface area contributed by atoms with E-state index < -0.39 is 18.1 Å². The molecule has 0 aliphatic heterocycles. The number of hydrogen-bond acceptors (Lipinski definition) is 5. The van der Waals surface area contributed by atoms with Crippen molar-refractivity contribution in [2.24, 2.45) is 5.92 Å². The number of benzene rings is 1. The van der Waals surface area contributed by atoms with Gasteiger partial charge in [0.2, 0.25) is 0 Å². The van der Waals surface area contributed by atoms with E-state index in [1.54, 1.807) is 17.1 Å². The van der Waals surface area contributed by atoms with Gasteiger partial charge in [0.25, 0.3) is 0 Å². The fourth-order valence-corrected chi connectivity index (χ4v) is 2.96. The highest BCUT2D eigenvalue weighted by Crippen LogP contribution is 2.11. The molecule has 2 rings (SSSR count). The van der Waals surface area contributed by atoms with Gasteiger partial charge in [0.15, 0.2) is 0 Å². The van der Waals surface area contributed by atoms with Gasteiger partial charge < -0.3 is 14.4 Å². The molecule has 1 aromatic heterocycles. The number of aromatic nitrogens is 2. The molecule has 0 saturated heterocycles. The highest BCUT2D eigenvalue weighted by Gasteiger charge is 2.26. The monoisotopic (exact) mass is 387 g/mol. The van der Waals surface area contributed by atoms with E-state index in [2.05, 4.69) is 10.3 Å². The minimum Gasteiger partial charge on any atom is -0.480 e. The molecule has 2 N–H and O–H groups in total. The van der Waals surface area contributed by atoms with Crippen molar-refractivity contribution in [2.45, 2.75) is 59.0 Å². The summed E-state index contributed by atoms with van der Waals surface area (Å²) in [6.07, 6.45) is 4.06. The normalized spacial score (nSPS) is 13.4. The van der Waals surface area contributed by atoms with Crippen LogP contribution < -0.4 is 5.32 Å². The molecule has 0 aliphatic rings. The zero-order valence-corrected chi connectivity index (χ0v) is 16.7. The van der Waals surface area contributed by atoms with Gasteiger partial charge >= 0.3 is 5.97 Å². The zero-order valence-electron chi connectivity index (χ0n) is 16.7. The predicted octanol–water partition coefficient (Wildman–Crippen LogP) is 2.65. The summed E-state index contributed by atoms with van der Waals surface area (Å²) in [7, 11) is 0. The average Bonchev–Trinajstić information content (AvgIpc) is 3.08. The Kier molecular flexibility index (Phi) is 8.35. The van der Waals surface area contributed by atoms with Crippen LogP contribution in [0, 0.1) is 5.92 Å². The molecule has 1 aromatic carbocycles. The summed E-state index contributed by atoms with van der Waals surface area (Å²) >= 11 is 0. The van der Waals surface area contributed by atoms with Gasteiger partial charge in [-0.25, -0.2) is 4.98 Å². The number of carbonyl (C=O) groups excluding carboxylic acids is 1. The van der Waals surface area contributed by atoms with Crippen molar-refractivity contribution >= 4 is 11.8 Å². The number of ketones is 1. The maximum Gasteiger partial charge on any atom is 0.321 e. The van der Waals surface area contributed by atoms with Crippen LogP contribution >= 0.6 is 0 Å². The van der Waals surface area contributed by atoms with Gasteiger partial charge in [-0.15, -0.1) is 0 Å². The van der Waals surface area contributed by atoms with Crippen LogP contribution in [-0.2, 0) is 34.1 Å². The first-order valence-corrected chi connectivity index (χ1v) is 9.46. The van der Waals surface area contributed by atoms with Crippen LogP contribution in [0.15, 0.2) is 42.9 Å². The molecular weight excluding hydrogens is 358 g/mol. The Bertz CT molecular complexity index is 758. The molecule has 0 radical (unpaired) electrons. The summed E-state index contributed by atoms with van der Waals surface area (Å²) in [6.45, 7) is 6.23. The lowest BCUT2D eigenvalue weighted by molar-refractivity contribution is -0.140. The van der Waals surface area contributed by atoms with E-state index in [9.17, 15) is 14.7 Å². The molecule has 0 aliphatic carbocycles. The molecule has 152 valence electrons. The van der Waals surface area contributed by atoms with E-state index in [4.69, 9.17) is 4.74 Å². The summed E-state index contributed by atoms with van der Waals surface area (Å²) in [5.74, 6) is -0.764. The van der Waals surface area contributed by atoms with Gasteiger partial charge in [0.1, 0.15) is 18.6 Å². The molecule has 0 fully saturated rings. The summed E-state index contributed by atoms with van der Waals surface area (Å²) in [5.41, 5.74) is 1.80. The van der Waals surface area contributed by atoms with Crippen molar-refractivity contribution in [1.82, 2.24) is 14.9 Å². The summed E-state index contributed by atoms with van der Waals surface area (Å²) in [4.78, 5) is 27.8. The standard InChI is InChI=1S/C21H29N3O4/c1-15(2)9-19(16(3)25)23-20(21(26)27)10-18-11-22-13-24(18)14-28-12-17-7-5-4-6-8-17/h4-8,11,13,15,19-20,23H,9-10,12,14H2,1-3H3,(H,26,27)/t19?,20-/m0/s1. The summed E-state index contributed by atoms with van der Waals surface area (Å²) < 4.78 is 7.50. The molecule has 2 atom stereocenters. The maximum absolute atomic E-state index is 11.9. The minimum atomic E-state index is -0.993. The SMILES string of the molecule is CC(=O)C(CC(C)C)N[C@@H](Cc1cncn1COCc1ccccc1)C(=O)O. The number of nitrogens with one attached hydrogen (secondary N) is 1. The van der Waals surface area contributed by atoms with Gasteiger partial charge in [-0.2, -0.15) is 0 Å². The van der Waals surface area contributed by atoms with Crippen LogP contribution in [-0.4, -0.2) is 38.5 Å². The van der Waals surface area contributed by atoms with Crippen molar-refractivity contribution in [2.75, 3.05) is 0 Å². The number of imidazole rings is 1. The van der Waals surface area contributed by atoms with Gasteiger partial charge in [0.05, 0.1) is 19.0 Å². The van der Waals surface area contributed by atoms with Crippen molar-refractivity contribution < 1.29 is 19.4 Å². The third-order valence-electron chi connectivity index (χ3n) is 4.45. The highest BCUT2D eigenvalue weighted by atomic mass is 16.5. The Labute approximate surface area is 165 Å². The van der Waals surface area contributed by atoms with Crippen LogP contribution in [0.2, 0.25) is 0 Å². The van der Waals surface area contributed by atoms with Gasteiger partial charge in [0, 0.05) is 18.3 Å². The van der Waals surface area contributed by atoms with Gasteiger partial charge in [-0.05, 0) is 24.8 Å². The number of ether oxygens (including phenoxy) is 1. The second-order valence-electron chi connectivity index (χ2n) is 7.37. The maximum atomic E-state index is 11.9. The second kappa shape index (κ2) is 10.7. The molecule has 2 aromatic rings. The number of carboxylic acids is 1. The molecule has 1 heterocycles. The first-order chi connectivity index (χ1) is 13.4. The third kappa shape index (κ3) is 6.90.